The van der Waals surface area contributed by atoms with Crippen molar-refractivity contribution >= 4 is 5.91 Å². The molecule has 1 aromatic carbocycles. The zero-order chi connectivity index (χ0) is 15.5. The van der Waals surface area contributed by atoms with Crippen molar-refractivity contribution in [3.05, 3.63) is 41.5 Å². The SMILES string of the molecule is CCn1cnnc1CCNC(=O)[C@@H]1CCc2cccc(O)c21. The van der Waals surface area contributed by atoms with Gasteiger partial charge in [0.1, 0.15) is 17.9 Å². The summed E-state index contributed by atoms with van der Waals surface area (Å²) in [5.74, 6) is 0.821. The predicted molar refractivity (Wildman–Crippen MR) is 81.6 cm³/mol. The highest BCUT2D eigenvalue weighted by Gasteiger charge is 2.30. The zero-order valence-electron chi connectivity index (χ0n) is 12.6. The molecule has 0 radical (unpaired) electrons. The van der Waals surface area contributed by atoms with Gasteiger partial charge in [0.25, 0.3) is 0 Å². The highest BCUT2D eigenvalue weighted by atomic mass is 16.3. The normalized spacial score (nSPS) is 16.5. The van der Waals surface area contributed by atoms with E-state index < -0.39 is 0 Å². The average Bonchev–Trinajstić information content (AvgIpc) is 3.14. The number of nitrogens with one attached hydrogen (secondary N) is 1. The highest BCUT2D eigenvalue weighted by Crippen LogP contribution is 2.38. The van der Waals surface area contributed by atoms with E-state index in [4.69, 9.17) is 0 Å². The van der Waals surface area contributed by atoms with Gasteiger partial charge in [-0.2, -0.15) is 0 Å². The Labute approximate surface area is 129 Å². The maximum absolute atomic E-state index is 12.4. The minimum Gasteiger partial charge on any atom is -0.508 e. The number of hydrogen-bond acceptors (Lipinski definition) is 4. The Morgan fingerprint density at radius 1 is 1.50 bits per heavy atom. The Morgan fingerprint density at radius 3 is 3.18 bits per heavy atom. The van der Waals surface area contributed by atoms with Gasteiger partial charge in [-0.15, -0.1) is 10.2 Å². The molecule has 1 aliphatic carbocycles. The number of benzene rings is 1. The number of aromatic hydroxyl groups is 1. The van der Waals surface area contributed by atoms with Crippen LogP contribution in [0.4, 0.5) is 0 Å². The van der Waals surface area contributed by atoms with Crippen LogP contribution in [0.2, 0.25) is 0 Å². The molecule has 1 atom stereocenters. The lowest BCUT2D eigenvalue weighted by molar-refractivity contribution is -0.122. The molecule has 0 bridgehead atoms. The van der Waals surface area contributed by atoms with Crippen LogP contribution in [0.15, 0.2) is 24.5 Å². The van der Waals surface area contributed by atoms with Gasteiger partial charge in [0.05, 0.1) is 5.92 Å². The highest BCUT2D eigenvalue weighted by molar-refractivity contribution is 5.85. The second-order valence-electron chi connectivity index (χ2n) is 5.52. The van der Waals surface area contributed by atoms with E-state index >= 15 is 0 Å². The Bertz CT molecular complexity index is 681. The van der Waals surface area contributed by atoms with Gasteiger partial charge in [-0.25, -0.2) is 0 Å². The molecule has 0 saturated heterocycles. The summed E-state index contributed by atoms with van der Waals surface area (Å²) in [5, 5.41) is 20.9. The van der Waals surface area contributed by atoms with Crippen LogP contribution in [0.1, 0.15) is 36.2 Å². The molecular formula is C16H20N4O2. The Balaban J connectivity index is 1.60. The van der Waals surface area contributed by atoms with Crippen LogP contribution in [0.3, 0.4) is 0 Å². The minimum atomic E-state index is -0.250. The van der Waals surface area contributed by atoms with Crippen molar-refractivity contribution in [2.75, 3.05) is 6.54 Å². The first kappa shape index (κ1) is 14.6. The van der Waals surface area contributed by atoms with E-state index in [1.165, 1.54) is 0 Å². The third-order valence-electron chi connectivity index (χ3n) is 4.22. The summed E-state index contributed by atoms with van der Waals surface area (Å²) in [7, 11) is 0. The number of phenolic OH excluding ortho intramolecular Hbond substituents is 1. The summed E-state index contributed by atoms with van der Waals surface area (Å²) in [5.41, 5.74) is 1.86. The third-order valence-corrected chi connectivity index (χ3v) is 4.22. The van der Waals surface area contributed by atoms with Crippen LogP contribution in [-0.4, -0.2) is 32.3 Å². The standard InChI is InChI=1S/C16H20N4O2/c1-2-20-10-18-19-14(20)8-9-17-16(22)12-7-6-11-4-3-5-13(21)15(11)12/h3-5,10,12,21H,2,6-9H2,1H3,(H,17,22)/t12-/m1/s1. The number of phenols is 1. The molecule has 2 aromatic rings. The van der Waals surface area contributed by atoms with Crippen molar-refractivity contribution < 1.29 is 9.90 Å². The predicted octanol–water partition coefficient (Wildman–Crippen LogP) is 1.39. The molecule has 1 heterocycles. The lowest BCUT2D eigenvalue weighted by atomic mass is 9.99. The quantitative estimate of drug-likeness (QED) is 0.874. The van der Waals surface area contributed by atoms with Gasteiger partial charge in [0.2, 0.25) is 5.91 Å². The van der Waals surface area contributed by atoms with Gasteiger partial charge in [-0.05, 0) is 31.4 Å². The molecule has 0 unspecified atom stereocenters. The van der Waals surface area contributed by atoms with Crippen molar-refractivity contribution in [2.45, 2.75) is 38.6 Å². The van der Waals surface area contributed by atoms with Crippen LogP contribution >= 0.6 is 0 Å². The second-order valence-corrected chi connectivity index (χ2v) is 5.52. The summed E-state index contributed by atoms with van der Waals surface area (Å²) < 4.78 is 1.96. The second kappa shape index (κ2) is 6.17. The monoisotopic (exact) mass is 300 g/mol. The first-order valence-electron chi connectivity index (χ1n) is 7.65. The summed E-state index contributed by atoms with van der Waals surface area (Å²) in [6.07, 6.45) is 3.94. The molecule has 3 rings (SSSR count). The van der Waals surface area contributed by atoms with Crippen LogP contribution < -0.4 is 5.32 Å². The molecular weight excluding hydrogens is 280 g/mol. The fourth-order valence-electron chi connectivity index (χ4n) is 3.08. The number of fused-ring (bicyclic) bond motifs is 1. The summed E-state index contributed by atoms with van der Waals surface area (Å²) in [6, 6.07) is 5.45. The number of nitrogens with zero attached hydrogens (tertiary/aromatic N) is 3. The fourth-order valence-corrected chi connectivity index (χ4v) is 3.08. The van der Waals surface area contributed by atoms with E-state index in [1.54, 1.807) is 12.4 Å². The third kappa shape index (κ3) is 2.68. The number of aryl methyl sites for hydroxylation is 2. The Morgan fingerprint density at radius 2 is 2.36 bits per heavy atom. The molecule has 22 heavy (non-hydrogen) atoms. The minimum absolute atomic E-state index is 0.0252. The van der Waals surface area contributed by atoms with Gasteiger partial charge in [-0.3, -0.25) is 4.79 Å². The number of amides is 1. The molecule has 0 spiro atoms. The topological polar surface area (TPSA) is 80.0 Å². The zero-order valence-corrected chi connectivity index (χ0v) is 12.6. The number of carbonyl (C=O) groups is 1. The first-order chi connectivity index (χ1) is 10.7. The van der Waals surface area contributed by atoms with Gasteiger partial charge in [-0.1, -0.05) is 12.1 Å². The summed E-state index contributed by atoms with van der Waals surface area (Å²) >= 11 is 0. The van der Waals surface area contributed by atoms with Crippen molar-refractivity contribution in [2.24, 2.45) is 0 Å². The first-order valence-corrected chi connectivity index (χ1v) is 7.65. The van der Waals surface area contributed by atoms with Crippen molar-refractivity contribution in [3.8, 4) is 5.75 Å². The van der Waals surface area contributed by atoms with Crippen LogP contribution in [0, 0.1) is 0 Å². The molecule has 1 aromatic heterocycles. The Hall–Kier alpha value is -2.37. The van der Waals surface area contributed by atoms with E-state index in [0.29, 0.717) is 13.0 Å². The fraction of sp³-hybridized carbons (Fsp3) is 0.438. The molecule has 1 amide bonds. The lowest BCUT2D eigenvalue weighted by Crippen LogP contribution is -2.30. The molecule has 116 valence electrons. The number of carbonyl (C=O) groups excluding carboxylic acids is 1. The van der Waals surface area contributed by atoms with Crippen LogP contribution in [0.5, 0.6) is 5.75 Å². The summed E-state index contributed by atoms with van der Waals surface area (Å²) in [6.45, 7) is 3.38. The van der Waals surface area contributed by atoms with E-state index in [1.807, 2.05) is 23.6 Å². The number of hydrogen-bond donors (Lipinski definition) is 2. The lowest BCUT2D eigenvalue weighted by Gasteiger charge is -2.13. The number of rotatable bonds is 5. The Kier molecular flexibility index (Phi) is 4.09. The van der Waals surface area contributed by atoms with Crippen molar-refractivity contribution in [1.29, 1.82) is 0 Å². The van der Waals surface area contributed by atoms with Crippen molar-refractivity contribution in [1.82, 2.24) is 20.1 Å². The van der Waals surface area contributed by atoms with Gasteiger partial charge in [0, 0.05) is 25.1 Å². The van der Waals surface area contributed by atoms with E-state index in [-0.39, 0.29) is 17.6 Å². The average molecular weight is 300 g/mol. The molecule has 2 N–H and O–H groups in total. The van der Waals surface area contributed by atoms with Crippen LogP contribution in [0.25, 0.3) is 0 Å². The maximum atomic E-state index is 12.4. The molecule has 6 nitrogen and oxygen atoms in total. The smallest absolute Gasteiger partial charge is 0.227 e. The molecule has 0 saturated carbocycles. The van der Waals surface area contributed by atoms with E-state index in [2.05, 4.69) is 15.5 Å². The van der Waals surface area contributed by atoms with Gasteiger partial charge < -0.3 is 15.0 Å². The maximum Gasteiger partial charge on any atom is 0.227 e. The summed E-state index contributed by atoms with van der Waals surface area (Å²) in [4.78, 5) is 12.4. The molecule has 0 aliphatic heterocycles. The largest absolute Gasteiger partial charge is 0.508 e. The molecule has 1 aliphatic rings. The van der Waals surface area contributed by atoms with E-state index in [0.717, 1.165) is 36.3 Å². The van der Waals surface area contributed by atoms with Crippen molar-refractivity contribution in [3.63, 3.8) is 0 Å². The van der Waals surface area contributed by atoms with Crippen LogP contribution in [-0.2, 0) is 24.2 Å². The molecule has 6 heteroatoms. The van der Waals surface area contributed by atoms with E-state index in [9.17, 15) is 9.90 Å². The van der Waals surface area contributed by atoms with Gasteiger partial charge >= 0.3 is 0 Å². The van der Waals surface area contributed by atoms with Gasteiger partial charge in [0.15, 0.2) is 0 Å². The number of aromatic nitrogens is 3. The molecule has 0 fully saturated rings.